The van der Waals surface area contributed by atoms with E-state index in [2.05, 4.69) is 181 Å². The highest BCUT2D eigenvalue weighted by Gasteiger charge is 2.49. The van der Waals surface area contributed by atoms with Crippen LogP contribution in [0.2, 0.25) is 0 Å². The summed E-state index contributed by atoms with van der Waals surface area (Å²) in [5, 5.41) is 0. The molecule has 0 aliphatic heterocycles. The molecule has 7 aromatic carbocycles. The SMILES string of the molecule is c1ccc(-c2cc(-c3ccc(-c4cccnc4)cc3)nc(-c3ccc4c(c3)-c3ccccc3-c3ccccc3C43c4ccccc4-c4ccccc43)n2)cc1. The van der Waals surface area contributed by atoms with Gasteiger partial charge in [-0.3, -0.25) is 4.98 Å². The van der Waals surface area contributed by atoms with Crippen LogP contribution in [0, 0.1) is 0 Å². The Morgan fingerprint density at radius 3 is 1.36 bits per heavy atom. The Kier molecular flexibility index (Phi) is 7.08. The van der Waals surface area contributed by atoms with Gasteiger partial charge in [0.1, 0.15) is 0 Å². The third-order valence-electron chi connectivity index (χ3n) is 11.4. The molecule has 0 atom stereocenters. The molecule has 0 fully saturated rings. The van der Waals surface area contributed by atoms with E-state index < -0.39 is 5.41 Å². The van der Waals surface area contributed by atoms with Gasteiger partial charge in [-0.25, -0.2) is 9.97 Å². The van der Waals surface area contributed by atoms with Crippen molar-refractivity contribution in [2.45, 2.75) is 5.41 Å². The first-order valence-corrected chi connectivity index (χ1v) is 18.8. The van der Waals surface area contributed by atoms with Crippen molar-refractivity contribution in [1.29, 1.82) is 0 Å². The van der Waals surface area contributed by atoms with E-state index in [1.54, 1.807) is 6.20 Å². The van der Waals surface area contributed by atoms with E-state index in [4.69, 9.17) is 9.97 Å². The van der Waals surface area contributed by atoms with Crippen molar-refractivity contribution < 1.29 is 0 Å². The first-order chi connectivity index (χ1) is 27.3. The second kappa shape index (κ2) is 12.4. The maximum atomic E-state index is 5.31. The topological polar surface area (TPSA) is 38.7 Å². The molecule has 0 bridgehead atoms. The predicted octanol–water partition coefficient (Wildman–Crippen LogP) is 12.6. The van der Waals surface area contributed by atoms with Gasteiger partial charge in [0, 0.05) is 29.1 Å². The molecule has 11 rings (SSSR count). The van der Waals surface area contributed by atoms with Gasteiger partial charge in [-0.15, -0.1) is 0 Å². The van der Waals surface area contributed by atoms with Crippen LogP contribution in [0.15, 0.2) is 200 Å². The zero-order valence-electron chi connectivity index (χ0n) is 29.9. The molecule has 3 nitrogen and oxygen atoms in total. The highest BCUT2D eigenvalue weighted by Crippen LogP contribution is 2.61. The summed E-state index contributed by atoms with van der Waals surface area (Å²) >= 11 is 0. The minimum atomic E-state index is -0.523. The zero-order chi connectivity index (χ0) is 36.3. The van der Waals surface area contributed by atoms with Gasteiger partial charge < -0.3 is 0 Å². The highest BCUT2D eigenvalue weighted by molar-refractivity contribution is 5.98. The molecule has 0 unspecified atom stereocenters. The van der Waals surface area contributed by atoms with Crippen LogP contribution in [-0.2, 0) is 5.41 Å². The fraction of sp³-hybridized carbons (Fsp3) is 0.0192. The van der Waals surface area contributed by atoms with E-state index in [-0.39, 0.29) is 0 Å². The molecule has 9 aromatic rings. The molecule has 2 heterocycles. The summed E-state index contributed by atoms with van der Waals surface area (Å²) in [6.07, 6.45) is 3.70. The van der Waals surface area contributed by atoms with Crippen LogP contribution in [0.5, 0.6) is 0 Å². The molecule has 0 radical (unpaired) electrons. The van der Waals surface area contributed by atoms with Crippen molar-refractivity contribution in [3.63, 3.8) is 0 Å². The van der Waals surface area contributed by atoms with Crippen LogP contribution in [0.25, 0.3) is 78.4 Å². The van der Waals surface area contributed by atoms with E-state index in [1.165, 1.54) is 55.6 Å². The summed E-state index contributed by atoms with van der Waals surface area (Å²) in [4.78, 5) is 14.9. The van der Waals surface area contributed by atoms with Gasteiger partial charge in [0.25, 0.3) is 0 Å². The minimum Gasteiger partial charge on any atom is -0.264 e. The molecule has 2 aliphatic rings. The summed E-state index contributed by atoms with van der Waals surface area (Å²) in [7, 11) is 0. The quantitative estimate of drug-likeness (QED) is 0.184. The van der Waals surface area contributed by atoms with Gasteiger partial charge in [0.05, 0.1) is 16.8 Å². The van der Waals surface area contributed by atoms with Gasteiger partial charge in [0.2, 0.25) is 0 Å². The number of pyridine rings is 1. The van der Waals surface area contributed by atoms with Crippen molar-refractivity contribution >= 4 is 0 Å². The van der Waals surface area contributed by atoms with E-state index in [0.29, 0.717) is 5.82 Å². The lowest BCUT2D eigenvalue weighted by molar-refractivity contribution is 0.775. The summed E-state index contributed by atoms with van der Waals surface area (Å²) < 4.78 is 0. The highest BCUT2D eigenvalue weighted by atomic mass is 14.9. The molecule has 2 aliphatic carbocycles. The Hall–Kier alpha value is -7.23. The number of hydrogen-bond acceptors (Lipinski definition) is 3. The van der Waals surface area contributed by atoms with Gasteiger partial charge >= 0.3 is 0 Å². The number of rotatable bonds is 4. The molecule has 0 N–H and O–H groups in total. The van der Waals surface area contributed by atoms with Crippen molar-refractivity contribution in [2.24, 2.45) is 0 Å². The lowest BCUT2D eigenvalue weighted by Crippen LogP contribution is -2.29. The van der Waals surface area contributed by atoms with Crippen molar-refractivity contribution in [2.75, 3.05) is 0 Å². The average Bonchev–Trinajstić information content (AvgIpc) is 3.52. The Balaban J connectivity index is 1.16. The molecule has 256 valence electrons. The molecule has 0 saturated carbocycles. The predicted molar refractivity (Wildman–Crippen MR) is 223 cm³/mol. The summed E-state index contributed by atoms with van der Waals surface area (Å²) in [5.41, 5.74) is 19.1. The van der Waals surface area contributed by atoms with Crippen LogP contribution in [0.4, 0.5) is 0 Å². The average molecular weight is 700 g/mol. The molecule has 0 saturated heterocycles. The zero-order valence-corrected chi connectivity index (χ0v) is 29.9. The fourth-order valence-electron chi connectivity index (χ4n) is 9.04. The summed E-state index contributed by atoms with van der Waals surface area (Å²) in [5.74, 6) is 0.691. The number of nitrogens with zero attached hydrogens (tertiary/aromatic N) is 3. The minimum absolute atomic E-state index is 0.523. The van der Waals surface area contributed by atoms with Crippen LogP contribution in [-0.4, -0.2) is 15.0 Å². The molecule has 0 amide bonds. The van der Waals surface area contributed by atoms with E-state index in [9.17, 15) is 0 Å². The molecule has 55 heavy (non-hydrogen) atoms. The lowest BCUT2D eigenvalue weighted by Gasteiger charge is -2.35. The first-order valence-electron chi connectivity index (χ1n) is 18.8. The van der Waals surface area contributed by atoms with Gasteiger partial charge in [-0.05, 0) is 85.0 Å². The normalized spacial score (nSPS) is 12.9. The third-order valence-corrected chi connectivity index (χ3v) is 11.4. The van der Waals surface area contributed by atoms with Crippen LogP contribution in [0.3, 0.4) is 0 Å². The molecule has 1 spiro atoms. The third kappa shape index (κ3) is 4.80. The van der Waals surface area contributed by atoms with E-state index in [0.717, 1.165) is 39.2 Å². The van der Waals surface area contributed by atoms with Gasteiger partial charge in [-0.1, -0.05) is 170 Å². The lowest BCUT2D eigenvalue weighted by atomic mass is 9.66. The molecular weight excluding hydrogens is 667 g/mol. The van der Waals surface area contributed by atoms with Crippen LogP contribution >= 0.6 is 0 Å². The Morgan fingerprint density at radius 2 is 0.764 bits per heavy atom. The van der Waals surface area contributed by atoms with Crippen LogP contribution in [0.1, 0.15) is 22.3 Å². The Labute approximate surface area is 320 Å². The fourth-order valence-corrected chi connectivity index (χ4v) is 9.04. The van der Waals surface area contributed by atoms with Gasteiger partial charge in [0.15, 0.2) is 5.82 Å². The molecular formula is C52H33N3. The Bertz CT molecular complexity index is 2870. The molecule has 3 heteroatoms. The second-order valence-electron chi connectivity index (χ2n) is 14.3. The maximum Gasteiger partial charge on any atom is 0.160 e. The molecule has 2 aromatic heterocycles. The number of aromatic nitrogens is 3. The smallest absolute Gasteiger partial charge is 0.160 e. The van der Waals surface area contributed by atoms with Gasteiger partial charge in [-0.2, -0.15) is 0 Å². The first kappa shape index (κ1) is 31.3. The largest absolute Gasteiger partial charge is 0.264 e. The van der Waals surface area contributed by atoms with E-state index >= 15 is 0 Å². The van der Waals surface area contributed by atoms with Crippen molar-refractivity contribution in [3.8, 4) is 78.4 Å². The number of fused-ring (bicyclic) bond motifs is 12. The monoisotopic (exact) mass is 699 g/mol. The standard InChI is InChI=1S/C52H33N3/c1-2-13-35(14-3-1)49-32-50(36-26-24-34(25-27-36)38-15-12-30-53-33-38)55-51(54-49)37-28-29-48-44(31-37)40-17-5-4-16-39(40)41-18-6-9-21-45(41)52(48)46-22-10-7-19-42(46)43-20-8-11-23-47(43)52/h1-33H. The number of hydrogen-bond donors (Lipinski definition) is 0. The summed E-state index contributed by atoms with van der Waals surface area (Å²) in [6, 6.07) is 67.9. The van der Waals surface area contributed by atoms with Crippen molar-refractivity contribution in [1.82, 2.24) is 15.0 Å². The second-order valence-corrected chi connectivity index (χ2v) is 14.3. The summed E-state index contributed by atoms with van der Waals surface area (Å²) in [6.45, 7) is 0. The van der Waals surface area contributed by atoms with Crippen LogP contribution < -0.4 is 0 Å². The number of benzene rings is 7. The van der Waals surface area contributed by atoms with Crippen molar-refractivity contribution in [3.05, 3.63) is 223 Å². The van der Waals surface area contributed by atoms with E-state index in [1.807, 2.05) is 18.3 Å². The Morgan fingerprint density at radius 1 is 0.309 bits per heavy atom. The maximum absolute atomic E-state index is 5.31.